The predicted octanol–water partition coefficient (Wildman–Crippen LogP) is 15.9. The fourth-order valence-corrected chi connectivity index (χ4v) is 8.96. The standard InChI is InChI=1S/C53H107N2O6P/c1-6-8-10-12-14-16-17-18-19-20-21-22-23-24-25-26-27-28-29-30-31-32-33-34-35-36-37-39-41-43-45-47-53(57)54-51(50-61-62(58,59)60-49-48-55(3,4)5)52(56)46-44-42-40-38-15-13-11-9-7-2/h44,46,51-52,56H,6-43,45,47-50H2,1-5H3,(H-,54,57,58,59)/p+1/b46-44+/t51-,52+/m0/s1. The molecule has 3 atom stereocenters. The Morgan fingerprint density at radius 2 is 0.855 bits per heavy atom. The Balaban J connectivity index is 3.91. The summed E-state index contributed by atoms with van der Waals surface area (Å²) < 4.78 is 23.6. The van der Waals surface area contributed by atoms with Crippen LogP contribution < -0.4 is 5.32 Å². The number of unbranched alkanes of at least 4 members (excludes halogenated alkanes) is 37. The van der Waals surface area contributed by atoms with Gasteiger partial charge in [-0.25, -0.2) is 4.57 Å². The zero-order valence-electron chi connectivity index (χ0n) is 42.1. The molecule has 0 rings (SSSR count). The molecule has 0 bridgehead atoms. The van der Waals surface area contributed by atoms with E-state index in [9.17, 15) is 19.4 Å². The summed E-state index contributed by atoms with van der Waals surface area (Å²) in [6.07, 6.45) is 54.8. The van der Waals surface area contributed by atoms with Gasteiger partial charge < -0.3 is 19.8 Å². The molecule has 1 amide bonds. The molecule has 1 unspecified atom stereocenters. The van der Waals surface area contributed by atoms with Crippen LogP contribution in [0.4, 0.5) is 0 Å². The number of hydrogen-bond acceptors (Lipinski definition) is 5. The number of aliphatic hydroxyl groups is 1. The normalized spacial score (nSPS) is 14.1. The number of carbonyl (C=O) groups excluding carboxylic acids is 1. The van der Waals surface area contributed by atoms with Crippen molar-refractivity contribution in [2.24, 2.45) is 0 Å². The van der Waals surface area contributed by atoms with Gasteiger partial charge in [-0.15, -0.1) is 0 Å². The number of likely N-dealkylation sites (N-methyl/N-ethyl adjacent to an activating group) is 1. The first kappa shape index (κ1) is 61.2. The SMILES string of the molecule is CCCCCCCCC/C=C/[C@@H](O)[C@H](COP(=O)(O)OCC[N+](C)(C)C)NC(=O)CCCCCCCCCCCCCCCCCCCCCCCCCCCCCCCCC. The largest absolute Gasteiger partial charge is 0.472 e. The number of quaternary nitrogens is 1. The third kappa shape index (κ3) is 47.2. The Hall–Kier alpha value is -0.760. The number of aliphatic hydroxyl groups excluding tert-OH is 1. The molecule has 0 saturated heterocycles. The van der Waals surface area contributed by atoms with E-state index >= 15 is 0 Å². The maximum Gasteiger partial charge on any atom is 0.472 e. The zero-order chi connectivity index (χ0) is 45.7. The molecule has 0 aromatic heterocycles. The van der Waals surface area contributed by atoms with E-state index in [-0.39, 0.29) is 19.1 Å². The number of nitrogens with zero attached hydrogens (tertiary/aromatic N) is 1. The third-order valence-corrected chi connectivity index (χ3v) is 13.5. The summed E-state index contributed by atoms with van der Waals surface area (Å²) in [5.74, 6) is -0.174. The summed E-state index contributed by atoms with van der Waals surface area (Å²) in [4.78, 5) is 23.1. The van der Waals surface area contributed by atoms with Crippen LogP contribution in [0, 0.1) is 0 Å². The second-order valence-corrected chi connectivity index (χ2v) is 21.4. The number of rotatable bonds is 50. The Kier molecular flexibility index (Phi) is 44.8. The highest BCUT2D eigenvalue weighted by atomic mass is 31.2. The Morgan fingerprint density at radius 1 is 0.532 bits per heavy atom. The van der Waals surface area contributed by atoms with Crippen molar-refractivity contribution in [1.82, 2.24) is 5.32 Å². The fourth-order valence-electron chi connectivity index (χ4n) is 8.22. The van der Waals surface area contributed by atoms with E-state index in [4.69, 9.17) is 9.05 Å². The van der Waals surface area contributed by atoms with Crippen LogP contribution in [0.5, 0.6) is 0 Å². The molecule has 0 aromatic rings. The van der Waals surface area contributed by atoms with E-state index in [0.717, 1.165) is 38.5 Å². The molecule has 0 aliphatic carbocycles. The molecule has 62 heavy (non-hydrogen) atoms. The first-order valence-corrected chi connectivity index (χ1v) is 28.6. The van der Waals surface area contributed by atoms with E-state index in [1.165, 1.54) is 212 Å². The molecule has 0 radical (unpaired) electrons. The van der Waals surface area contributed by atoms with Crippen LogP contribution in [0.1, 0.15) is 271 Å². The van der Waals surface area contributed by atoms with Crippen molar-refractivity contribution in [3.63, 3.8) is 0 Å². The summed E-state index contributed by atoms with van der Waals surface area (Å²) in [6, 6.07) is -0.839. The smallest absolute Gasteiger partial charge is 0.387 e. The quantitative estimate of drug-likeness (QED) is 0.0243. The Morgan fingerprint density at radius 3 is 1.19 bits per heavy atom. The predicted molar refractivity (Wildman–Crippen MR) is 268 cm³/mol. The topological polar surface area (TPSA) is 105 Å². The lowest BCUT2D eigenvalue weighted by Crippen LogP contribution is -2.45. The van der Waals surface area contributed by atoms with E-state index in [0.29, 0.717) is 17.4 Å². The summed E-state index contributed by atoms with van der Waals surface area (Å²) in [5, 5.41) is 13.8. The summed E-state index contributed by atoms with van der Waals surface area (Å²) in [7, 11) is 1.58. The van der Waals surface area contributed by atoms with Crippen molar-refractivity contribution in [3.8, 4) is 0 Å². The number of allylic oxidation sites excluding steroid dienone is 1. The van der Waals surface area contributed by atoms with E-state index in [1.54, 1.807) is 6.08 Å². The van der Waals surface area contributed by atoms with Gasteiger partial charge in [-0.3, -0.25) is 13.8 Å². The maximum atomic E-state index is 12.9. The maximum absolute atomic E-state index is 12.9. The van der Waals surface area contributed by atoms with E-state index < -0.39 is 20.0 Å². The van der Waals surface area contributed by atoms with Crippen LogP contribution >= 0.6 is 7.82 Å². The molecule has 0 spiro atoms. The van der Waals surface area contributed by atoms with Crippen LogP contribution in [0.25, 0.3) is 0 Å². The Labute approximate surface area is 386 Å². The van der Waals surface area contributed by atoms with Crippen molar-refractivity contribution < 1.29 is 32.9 Å². The number of hydrogen-bond donors (Lipinski definition) is 3. The lowest BCUT2D eigenvalue weighted by atomic mass is 10.0. The van der Waals surface area contributed by atoms with Crippen LogP contribution in [0.3, 0.4) is 0 Å². The average Bonchev–Trinajstić information content (AvgIpc) is 3.23. The van der Waals surface area contributed by atoms with Gasteiger partial charge in [-0.2, -0.15) is 0 Å². The van der Waals surface area contributed by atoms with Gasteiger partial charge in [0.1, 0.15) is 13.2 Å². The second-order valence-electron chi connectivity index (χ2n) is 20.0. The van der Waals surface area contributed by atoms with Crippen LogP contribution in [0.2, 0.25) is 0 Å². The van der Waals surface area contributed by atoms with Crippen molar-refractivity contribution in [3.05, 3.63) is 12.2 Å². The molecule has 8 nitrogen and oxygen atoms in total. The minimum Gasteiger partial charge on any atom is -0.387 e. The van der Waals surface area contributed by atoms with E-state index in [2.05, 4.69) is 19.2 Å². The summed E-state index contributed by atoms with van der Waals surface area (Å²) in [6.45, 7) is 4.81. The highest BCUT2D eigenvalue weighted by molar-refractivity contribution is 7.47. The summed E-state index contributed by atoms with van der Waals surface area (Å²) in [5.41, 5.74) is 0. The molecular weight excluding hydrogens is 792 g/mol. The van der Waals surface area contributed by atoms with Gasteiger partial charge in [-0.05, 0) is 19.3 Å². The monoisotopic (exact) mass is 900 g/mol. The van der Waals surface area contributed by atoms with Crippen molar-refractivity contribution in [2.75, 3.05) is 40.9 Å². The molecule has 370 valence electrons. The fraction of sp³-hybridized carbons (Fsp3) is 0.943. The number of phosphoric ester groups is 1. The number of phosphoric acid groups is 1. The number of amides is 1. The molecule has 0 aliphatic rings. The molecule has 0 saturated carbocycles. The van der Waals surface area contributed by atoms with Crippen molar-refractivity contribution in [2.45, 2.75) is 283 Å². The van der Waals surface area contributed by atoms with Gasteiger partial charge in [0, 0.05) is 6.42 Å². The van der Waals surface area contributed by atoms with Gasteiger partial charge >= 0.3 is 7.82 Å². The molecule has 0 aromatic carbocycles. The Bertz CT molecular complexity index is 1020. The molecule has 3 N–H and O–H groups in total. The average molecular weight is 900 g/mol. The molecule has 0 fully saturated rings. The number of carbonyl (C=O) groups is 1. The zero-order valence-corrected chi connectivity index (χ0v) is 43.0. The minimum atomic E-state index is -4.33. The minimum absolute atomic E-state index is 0.0644. The summed E-state index contributed by atoms with van der Waals surface area (Å²) >= 11 is 0. The lowest BCUT2D eigenvalue weighted by Gasteiger charge is -2.25. The van der Waals surface area contributed by atoms with Gasteiger partial charge in [0.05, 0.1) is 39.9 Å². The highest BCUT2D eigenvalue weighted by Crippen LogP contribution is 2.43. The van der Waals surface area contributed by atoms with Crippen molar-refractivity contribution >= 4 is 13.7 Å². The second kappa shape index (κ2) is 45.4. The third-order valence-electron chi connectivity index (χ3n) is 12.5. The van der Waals surface area contributed by atoms with Crippen LogP contribution in [-0.4, -0.2) is 73.4 Å². The van der Waals surface area contributed by atoms with Crippen LogP contribution in [0.15, 0.2) is 12.2 Å². The van der Waals surface area contributed by atoms with E-state index in [1.807, 2.05) is 27.2 Å². The molecule has 0 aliphatic heterocycles. The van der Waals surface area contributed by atoms with Gasteiger partial charge in [0.15, 0.2) is 0 Å². The van der Waals surface area contributed by atoms with Gasteiger partial charge in [-0.1, -0.05) is 257 Å². The first-order valence-electron chi connectivity index (χ1n) is 27.1. The molecular formula is C53H108N2O6P+. The lowest BCUT2D eigenvalue weighted by molar-refractivity contribution is -0.870. The highest BCUT2D eigenvalue weighted by Gasteiger charge is 2.27. The molecule has 9 heteroatoms. The van der Waals surface area contributed by atoms with Crippen molar-refractivity contribution in [1.29, 1.82) is 0 Å². The molecule has 0 heterocycles. The number of nitrogens with one attached hydrogen (secondary N) is 1. The van der Waals surface area contributed by atoms with Gasteiger partial charge in [0.2, 0.25) is 5.91 Å². The first-order chi connectivity index (χ1) is 30.0. The van der Waals surface area contributed by atoms with Crippen LogP contribution in [-0.2, 0) is 18.4 Å². The van der Waals surface area contributed by atoms with Gasteiger partial charge in [0.25, 0.3) is 0 Å².